The number of aromatic nitrogens is 1. The normalized spacial score (nSPS) is 11.9. The molecule has 0 spiro atoms. The third kappa shape index (κ3) is 4.58. The number of carboxylic acid groups (broad SMARTS) is 1. The van der Waals surface area contributed by atoms with Crippen LogP contribution in [0.1, 0.15) is 23.7 Å². The number of rotatable bonds is 4. The molecule has 1 aromatic rings. The lowest BCUT2D eigenvalue weighted by Crippen LogP contribution is -2.34. The van der Waals surface area contributed by atoms with E-state index in [2.05, 4.69) is 10.3 Å². The van der Waals surface area contributed by atoms with Gasteiger partial charge in [-0.25, -0.2) is 4.98 Å². The number of carbonyl (C=O) groups is 2. The van der Waals surface area contributed by atoms with Crippen molar-refractivity contribution in [3.8, 4) is 0 Å². The van der Waals surface area contributed by atoms with Gasteiger partial charge in [0.05, 0.1) is 6.42 Å². The third-order valence-corrected chi connectivity index (χ3v) is 2.27. The quantitative estimate of drug-likeness (QED) is 0.825. The fourth-order valence-corrected chi connectivity index (χ4v) is 1.68. The zero-order chi connectivity index (χ0) is 13.0. The van der Waals surface area contributed by atoms with Gasteiger partial charge in [0.15, 0.2) is 0 Å². The van der Waals surface area contributed by atoms with Crippen molar-refractivity contribution >= 4 is 35.1 Å². The van der Waals surface area contributed by atoms with E-state index < -0.39 is 17.9 Å². The number of hydrogen-bond donors (Lipinski definition) is 2. The van der Waals surface area contributed by atoms with Crippen LogP contribution in [-0.2, 0) is 4.79 Å². The Morgan fingerprint density at radius 2 is 1.94 bits per heavy atom. The molecule has 2 N–H and O–H groups in total. The Morgan fingerprint density at radius 3 is 2.41 bits per heavy atom. The standard InChI is InChI=1S/C10H10Cl2N2O3/c1-5(2-9(15)16)13-10(17)6-3-7(11)14-8(12)4-6/h3-5H,2H2,1H3,(H,13,17)(H,15,16). The van der Waals surface area contributed by atoms with E-state index in [0.717, 1.165) is 0 Å². The van der Waals surface area contributed by atoms with E-state index in [1.807, 2.05) is 0 Å². The SMILES string of the molecule is CC(CC(=O)O)NC(=O)c1cc(Cl)nc(Cl)c1. The lowest BCUT2D eigenvalue weighted by Gasteiger charge is -2.11. The predicted molar refractivity (Wildman–Crippen MR) is 63.4 cm³/mol. The summed E-state index contributed by atoms with van der Waals surface area (Å²) in [6, 6.07) is 2.23. The molecule has 1 heterocycles. The van der Waals surface area contributed by atoms with E-state index >= 15 is 0 Å². The second-order valence-electron chi connectivity index (χ2n) is 3.47. The van der Waals surface area contributed by atoms with Gasteiger partial charge in [0.1, 0.15) is 10.3 Å². The first kappa shape index (κ1) is 13.7. The highest BCUT2D eigenvalue weighted by atomic mass is 35.5. The Labute approximate surface area is 108 Å². The predicted octanol–water partition coefficient (Wildman–Crippen LogP) is 1.98. The van der Waals surface area contributed by atoms with Crippen LogP contribution in [0.4, 0.5) is 0 Å². The number of amides is 1. The molecule has 1 aromatic heterocycles. The summed E-state index contributed by atoms with van der Waals surface area (Å²) in [6.45, 7) is 1.59. The first-order valence-corrected chi connectivity index (χ1v) is 5.50. The summed E-state index contributed by atoms with van der Waals surface area (Å²) in [4.78, 5) is 25.8. The molecule has 1 atom stereocenters. The van der Waals surface area contributed by atoms with Gasteiger partial charge in [-0.3, -0.25) is 9.59 Å². The smallest absolute Gasteiger partial charge is 0.305 e. The maximum Gasteiger partial charge on any atom is 0.305 e. The van der Waals surface area contributed by atoms with Gasteiger partial charge in [-0.2, -0.15) is 0 Å². The number of halogens is 2. The Bertz CT molecular complexity index is 431. The van der Waals surface area contributed by atoms with Gasteiger partial charge >= 0.3 is 5.97 Å². The molecule has 5 nitrogen and oxygen atoms in total. The highest BCUT2D eigenvalue weighted by molar-refractivity contribution is 6.33. The summed E-state index contributed by atoms with van der Waals surface area (Å²) in [7, 11) is 0. The Kier molecular flexibility index (Phi) is 4.72. The van der Waals surface area contributed by atoms with Gasteiger partial charge in [0.25, 0.3) is 5.91 Å². The largest absolute Gasteiger partial charge is 0.481 e. The molecule has 0 aliphatic rings. The fourth-order valence-electron chi connectivity index (χ4n) is 1.22. The van der Waals surface area contributed by atoms with Gasteiger partial charge < -0.3 is 10.4 Å². The maximum atomic E-state index is 11.7. The molecule has 1 amide bonds. The molecule has 7 heteroatoms. The number of carboxylic acids is 1. The number of hydrogen-bond acceptors (Lipinski definition) is 3. The van der Waals surface area contributed by atoms with E-state index in [9.17, 15) is 9.59 Å². The zero-order valence-corrected chi connectivity index (χ0v) is 10.4. The molecular formula is C10H10Cl2N2O3. The molecule has 17 heavy (non-hydrogen) atoms. The number of carbonyl (C=O) groups excluding carboxylic acids is 1. The Hall–Kier alpha value is -1.33. The molecule has 0 saturated carbocycles. The van der Waals surface area contributed by atoms with Crippen LogP contribution in [0, 0.1) is 0 Å². The molecule has 0 bridgehead atoms. The van der Waals surface area contributed by atoms with Crippen molar-refractivity contribution < 1.29 is 14.7 Å². The maximum absolute atomic E-state index is 11.7. The summed E-state index contributed by atoms with van der Waals surface area (Å²) in [6.07, 6.45) is -0.154. The van der Waals surface area contributed by atoms with Crippen LogP contribution in [0.25, 0.3) is 0 Å². The lowest BCUT2D eigenvalue weighted by molar-refractivity contribution is -0.137. The molecule has 1 rings (SSSR count). The third-order valence-electron chi connectivity index (χ3n) is 1.88. The van der Waals surface area contributed by atoms with Crippen LogP contribution in [0.2, 0.25) is 10.3 Å². The van der Waals surface area contributed by atoms with E-state index in [1.54, 1.807) is 6.92 Å². The van der Waals surface area contributed by atoms with Crippen molar-refractivity contribution in [1.29, 1.82) is 0 Å². The van der Waals surface area contributed by atoms with Gasteiger partial charge in [-0.05, 0) is 19.1 Å². The van der Waals surface area contributed by atoms with Gasteiger partial charge in [-0.1, -0.05) is 23.2 Å². The van der Waals surface area contributed by atoms with Crippen LogP contribution in [-0.4, -0.2) is 28.0 Å². The Balaban J connectivity index is 2.72. The first-order chi connectivity index (χ1) is 7.88. The minimum Gasteiger partial charge on any atom is -0.481 e. The molecule has 0 saturated heterocycles. The molecule has 0 fully saturated rings. The lowest BCUT2D eigenvalue weighted by atomic mass is 10.2. The summed E-state index contributed by atoms with van der Waals surface area (Å²) in [5.74, 6) is -1.42. The van der Waals surface area contributed by atoms with Crippen molar-refractivity contribution in [3.05, 3.63) is 28.0 Å². The minimum atomic E-state index is -0.983. The van der Waals surface area contributed by atoms with E-state index in [-0.39, 0.29) is 22.3 Å². The van der Waals surface area contributed by atoms with Gasteiger partial charge in [-0.15, -0.1) is 0 Å². The monoisotopic (exact) mass is 276 g/mol. The highest BCUT2D eigenvalue weighted by Gasteiger charge is 2.13. The first-order valence-electron chi connectivity index (χ1n) is 4.74. The van der Waals surface area contributed by atoms with Crippen molar-refractivity contribution in [2.75, 3.05) is 0 Å². The number of nitrogens with one attached hydrogen (secondary N) is 1. The molecule has 0 radical (unpaired) electrons. The highest BCUT2D eigenvalue weighted by Crippen LogP contribution is 2.14. The Morgan fingerprint density at radius 1 is 1.41 bits per heavy atom. The van der Waals surface area contributed by atoms with Crippen LogP contribution in [0.15, 0.2) is 12.1 Å². The van der Waals surface area contributed by atoms with Crippen LogP contribution in [0.5, 0.6) is 0 Å². The minimum absolute atomic E-state index is 0.105. The number of aliphatic carboxylic acids is 1. The summed E-state index contributed by atoms with van der Waals surface area (Å²) >= 11 is 11.3. The van der Waals surface area contributed by atoms with Crippen molar-refractivity contribution in [3.63, 3.8) is 0 Å². The van der Waals surface area contributed by atoms with Crippen molar-refractivity contribution in [2.24, 2.45) is 0 Å². The molecule has 0 aliphatic carbocycles. The van der Waals surface area contributed by atoms with Gasteiger partial charge in [0.2, 0.25) is 0 Å². The number of pyridine rings is 1. The van der Waals surface area contributed by atoms with Crippen LogP contribution in [0.3, 0.4) is 0 Å². The van der Waals surface area contributed by atoms with E-state index in [1.165, 1.54) is 12.1 Å². The van der Waals surface area contributed by atoms with E-state index in [0.29, 0.717) is 0 Å². The molecule has 92 valence electrons. The summed E-state index contributed by atoms with van der Waals surface area (Å²) < 4.78 is 0. The average molecular weight is 277 g/mol. The second-order valence-corrected chi connectivity index (χ2v) is 4.25. The van der Waals surface area contributed by atoms with Crippen molar-refractivity contribution in [1.82, 2.24) is 10.3 Å². The second kappa shape index (κ2) is 5.84. The molecule has 1 unspecified atom stereocenters. The number of nitrogens with zero attached hydrogens (tertiary/aromatic N) is 1. The topological polar surface area (TPSA) is 79.3 Å². The summed E-state index contributed by atoms with van der Waals surface area (Å²) in [5.41, 5.74) is 0.243. The molecular weight excluding hydrogens is 267 g/mol. The van der Waals surface area contributed by atoms with E-state index in [4.69, 9.17) is 28.3 Å². The van der Waals surface area contributed by atoms with Crippen LogP contribution < -0.4 is 5.32 Å². The van der Waals surface area contributed by atoms with Crippen molar-refractivity contribution in [2.45, 2.75) is 19.4 Å². The summed E-state index contributed by atoms with van der Waals surface area (Å²) in [5, 5.41) is 11.3. The zero-order valence-electron chi connectivity index (χ0n) is 8.91. The molecule has 0 aliphatic heterocycles. The van der Waals surface area contributed by atoms with Crippen LogP contribution >= 0.6 is 23.2 Å². The van der Waals surface area contributed by atoms with Gasteiger partial charge in [0, 0.05) is 11.6 Å². The average Bonchev–Trinajstić information content (AvgIpc) is 2.14. The molecule has 0 aromatic carbocycles. The fraction of sp³-hybridized carbons (Fsp3) is 0.300.